The highest BCUT2D eigenvalue weighted by Crippen LogP contribution is 2.16. The summed E-state index contributed by atoms with van der Waals surface area (Å²) in [7, 11) is 1.56. The van der Waals surface area contributed by atoms with Crippen molar-refractivity contribution in [2.24, 2.45) is 12.0 Å². The van der Waals surface area contributed by atoms with Crippen molar-refractivity contribution >= 4 is 11.7 Å². The number of hydrogen-bond acceptors (Lipinski definition) is 5. The molecule has 0 bridgehead atoms. The predicted octanol–water partition coefficient (Wildman–Crippen LogP) is 1.68. The number of aryl methyl sites for hydroxylation is 1. The number of nitrogens with zero attached hydrogens (tertiary/aromatic N) is 3. The fourth-order valence-electron chi connectivity index (χ4n) is 2.51. The van der Waals surface area contributed by atoms with Crippen molar-refractivity contribution < 1.29 is 9.84 Å². The van der Waals surface area contributed by atoms with Crippen molar-refractivity contribution in [1.29, 1.82) is 0 Å². The van der Waals surface area contributed by atoms with E-state index in [1.54, 1.807) is 20.9 Å². The molecule has 0 amide bonds. The Morgan fingerprint density at radius 1 is 1.28 bits per heavy atom. The van der Waals surface area contributed by atoms with Crippen molar-refractivity contribution in [2.45, 2.75) is 33.7 Å². The Morgan fingerprint density at radius 3 is 2.64 bits per heavy atom. The summed E-state index contributed by atoms with van der Waals surface area (Å²) in [6.45, 7) is 5.34. The van der Waals surface area contributed by atoms with Gasteiger partial charge in [0.05, 0.1) is 5.56 Å². The third kappa shape index (κ3) is 4.24. The van der Waals surface area contributed by atoms with Gasteiger partial charge in [-0.05, 0) is 38.0 Å². The molecular weight excluding hydrogens is 322 g/mol. The normalized spacial score (nSPS) is 11.6. The molecule has 0 saturated heterocycles. The molecule has 1 aromatic carbocycles. The number of aliphatic hydroxyl groups is 1. The lowest BCUT2D eigenvalue weighted by molar-refractivity contribution is 0.277. The van der Waals surface area contributed by atoms with E-state index in [0.717, 1.165) is 10.1 Å². The van der Waals surface area contributed by atoms with Gasteiger partial charge in [-0.25, -0.2) is 4.79 Å². The summed E-state index contributed by atoms with van der Waals surface area (Å²) in [5, 5.41) is 8.92. The average Bonchev–Trinajstić information content (AvgIpc) is 2.57. The van der Waals surface area contributed by atoms with Crippen LogP contribution >= 0.6 is 0 Å². The zero-order valence-corrected chi connectivity index (χ0v) is 14.9. The maximum absolute atomic E-state index is 12.4. The molecule has 25 heavy (non-hydrogen) atoms. The Bertz CT molecular complexity index is 872. The molecule has 0 unspecified atom stereocenters. The van der Waals surface area contributed by atoms with Gasteiger partial charge >= 0.3 is 5.69 Å². The Morgan fingerprint density at radius 2 is 2.00 bits per heavy atom. The number of benzene rings is 1. The third-order valence-corrected chi connectivity index (χ3v) is 3.80. The summed E-state index contributed by atoms with van der Waals surface area (Å²) in [5.41, 5.74) is 0.539. The monoisotopic (exact) mass is 345 g/mol. The van der Waals surface area contributed by atoms with E-state index in [0.29, 0.717) is 23.6 Å². The Kier molecular flexibility index (Phi) is 5.93. The van der Waals surface area contributed by atoms with Crippen LogP contribution in [0.15, 0.2) is 38.8 Å². The molecule has 1 N–H and O–H groups in total. The zero-order valence-electron chi connectivity index (χ0n) is 14.9. The van der Waals surface area contributed by atoms with Gasteiger partial charge < -0.3 is 9.84 Å². The Hall–Kier alpha value is -2.67. The minimum absolute atomic E-state index is 0.0853. The summed E-state index contributed by atoms with van der Waals surface area (Å²) in [5.74, 6) is 1.23. The Labute approximate surface area is 145 Å². The summed E-state index contributed by atoms with van der Waals surface area (Å²) in [6, 6.07) is 7.52. The van der Waals surface area contributed by atoms with Crippen LogP contribution in [0.4, 0.5) is 5.82 Å². The number of ether oxygens (including phenoxy) is 1. The van der Waals surface area contributed by atoms with Gasteiger partial charge in [0.15, 0.2) is 5.90 Å². The van der Waals surface area contributed by atoms with Gasteiger partial charge in [0.1, 0.15) is 11.6 Å². The molecule has 2 rings (SSSR count). The van der Waals surface area contributed by atoms with Gasteiger partial charge in [-0.2, -0.15) is 4.99 Å². The van der Waals surface area contributed by atoms with Gasteiger partial charge in [-0.1, -0.05) is 12.1 Å². The van der Waals surface area contributed by atoms with E-state index in [4.69, 9.17) is 9.84 Å². The first kappa shape index (κ1) is 18.7. The number of hydrogen-bond donors (Lipinski definition) is 1. The van der Waals surface area contributed by atoms with Crippen molar-refractivity contribution in [2.75, 3.05) is 6.61 Å². The summed E-state index contributed by atoms with van der Waals surface area (Å²) >= 11 is 0. The maximum Gasteiger partial charge on any atom is 0.332 e. The minimum atomic E-state index is -0.467. The summed E-state index contributed by atoms with van der Waals surface area (Å²) in [4.78, 5) is 29.1. The molecule has 1 heterocycles. The number of aliphatic imine (C=N–C) groups is 1. The molecule has 0 fully saturated rings. The smallest absolute Gasteiger partial charge is 0.332 e. The molecule has 0 atom stereocenters. The fraction of sp³-hybridized carbons (Fsp3) is 0.389. The van der Waals surface area contributed by atoms with Crippen LogP contribution in [0.3, 0.4) is 0 Å². The molecule has 7 nitrogen and oxygen atoms in total. The number of aromatic nitrogens is 2. The highest BCUT2D eigenvalue weighted by Gasteiger charge is 2.14. The van der Waals surface area contributed by atoms with E-state index in [2.05, 4.69) is 4.99 Å². The highest BCUT2D eigenvalue weighted by atomic mass is 16.5. The molecule has 0 saturated carbocycles. The second-order valence-corrected chi connectivity index (χ2v) is 5.87. The van der Waals surface area contributed by atoms with Gasteiger partial charge in [-0.15, -0.1) is 0 Å². The summed E-state index contributed by atoms with van der Waals surface area (Å²) < 4.78 is 8.11. The van der Waals surface area contributed by atoms with Gasteiger partial charge in [-0.3, -0.25) is 13.9 Å². The lowest BCUT2D eigenvalue weighted by atomic mass is 10.2. The molecule has 7 heteroatoms. The fourth-order valence-corrected chi connectivity index (χ4v) is 2.51. The Balaban J connectivity index is 2.42. The van der Waals surface area contributed by atoms with Crippen LogP contribution in [-0.4, -0.2) is 26.7 Å². The number of aliphatic hydroxyl groups excluding tert-OH is 1. The van der Waals surface area contributed by atoms with E-state index in [1.807, 2.05) is 31.2 Å². The lowest BCUT2D eigenvalue weighted by Gasteiger charge is -2.13. The van der Waals surface area contributed by atoms with E-state index >= 15 is 0 Å². The van der Waals surface area contributed by atoms with Crippen LogP contribution in [0.2, 0.25) is 0 Å². The molecule has 2 aromatic rings. The molecular formula is C18H23N3O4. The molecule has 0 aliphatic carbocycles. The zero-order chi connectivity index (χ0) is 18.6. The van der Waals surface area contributed by atoms with Crippen LogP contribution in [0.1, 0.15) is 24.5 Å². The van der Waals surface area contributed by atoms with Crippen molar-refractivity contribution in [3.8, 4) is 5.75 Å². The van der Waals surface area contributed by atoms with Gasteiger partial charge in [0, 0.05) is 27.1 Å². The van der Waals surface area contributed by atoms with E-state index in [9.17, 15) is 9.59 Å². The van der Waals surface area contributed by atoms with Crippen molar-refractivity contribution in [1.82, 2.24) is 9.13 Å². The highest BCUT2D eigenvalue weighted by molar-refractivity contribution is 5.78. The second kappa shape index (κ2) is 7.94. The molecule has 134 valence electrons. The van der Waals surface area contributed by atoms with Crippen LogP contribution in [-0.2, 0) is 13.6 Å². The first-order valence-electron chi connectivity index (χ1n) is 8.06. The van der Waals surface area contributed by atoms with Crippen LogP contribution in [0, 0.1) is 13.8 Å². The lowest BCUT2D eigenvalue weighted by Crippen LogP contribution is -2.40. The van der Waals surface area contributed by atoms with Crippen molar-refractivity contribution in [3.63, 3.8) is 0 Å². The quantitative estimate of drug-likeness (QED) is 0.660. The predicted molar refractivity (Wildman–Crippen MR) is 97.0 cm³/mol. The molecule has 0 aliphatic heterocycles. The van der Waals surface area contributed by atoms with Gasteiger partial charge in [0.25, 0.3) is 5.56 Å². The van der Waals surface area contributed by atoms with Crippen LogP contribution in [0.25, 0.3) is 0 Å². The van der Waals surface area contributed by atoms with Gasteiger partial charge in [0.2, 0.25) is 0 Å². The largest absolute Gasteiger partial charge is 0.443 e. The van der Waals surface area contributed by atoms with Crippen LogP contribution < -0.4 is 16.0 Å². The second-order valence-electron chi connectivity index (χ2n) is 5.87. The molecule has 0 aliphatic rings. The maximum atomic E-state index is 12.4. The molecule has 1 aromatic heterocycles. The summed E-state index contributed by atoms with van der Waals surface area (Å²) in [6.07, 6.45) is 0.340. The average molecular weight is 345 g/mol. The topological polar surface area (TPSA) is 85.8 Å². The van der Waals surface area contributed by atoms with Crippen LogP contribution in [0.5, 0.6) is 5.75 Å². The standard InChI is InChI=1S/C18H23N3O4/c1-12-7-5-8-15(11-12)25-14(3)19-16-13(2)17(23)21(9-6-10-22)18(24)20(16)4/h5,7-8,11,22H,6,9-10H2,1-4H3. The SMILES string of the molecule is CC(=Nc1c(C)c(=O)n(CCCO)c(=O)n1C)Oc1cccc(C)c1. The first-order valence-corrected chi connectivity index (χ1v) is 8.06. The third-order valence-electron chi connectivity index (χ3n) is 3.80. The minimum Gasteiger partial charge on any atom is -0.443 e. The molecule has 0 spiro atoms. The first-order chi connectivity index (χ1) is 11.8. The van der Waals surface area contributed by atoms with E-state index < -0.39 is 11.2 Å². The molecule has 0 radical (unpaired) electrons. The van der Waals surface area contributed by atoms with E-state index in [1.165, 1.54) is 4.57 Å². The van der Waals surface area contributed by atoms with Crippen molar-refractivity contribution in [3.05, 3.63) is 56.2 Å². The number of rotatable bonds is 5. The van der Waals surface area contributed by atoms with E-state index in [-0.39, 0.29) is 19.0 Å².